The standard InChI is InChI=1S/C14H24O4/c1-4-16-12(15)13(2,3)11-5-7-14(8-6-11)17-9-10-18-14/h11H,4-10H2,1-3H3. The molecular formula is C14H24O4. The Morgan fingerprint density at radius 2 is 1.83 bits per heavy atom. The maximum atomic E-state index is 12.0. The second-order valence-corrected chi connectivity index (χ2v) is 5.82. The van der Waals surface area contributed by atoms with Gasteiger partial charge in [0.2, 0.25) is 0 Å². The van der Waals surface area contributed by atoms with Crippen molar-refractivity contribution in [1.29, 1.82) is 0 Å². The fourth-order valence-electron chi connectivity index (χ4n) is 3.05. The lowest BCUT2D eigenvalue weighted by atomic mass is 9.69. The summed E-state index contributed by atoms with van der Waals surface area (Å²) in [6.45, 7) is 7.68. The van der Waals surface area contributed by atoms with E-state index in [1.54, 1.807) is 0 Å². The van der Waals surface area contributed by atoms with Gasteiger partial charge in [-0.15, -0.1) is 0 Å². The maximum Gasteiger partial charge on any atom is 0.311 e. The predicted molar refractivity (Wildman–Crippen MR) is 67.0 cm³/mol. The minimum absolute atomic E-state index is 0.0841. The molecule has 1 aliphatic heterocycles. The van der Waals surface area contributed by atoms with Crippen LogP contribution in [-0.4, -0.2) is 31.6 Å². The van der Waals surface area contributed by atoms with E-state index in [1.165, 1.54) is 0 Å². The van der Waals surface area contributed by atoms with E-state index in [0.29, 0.717) is 25.7 Å². The van der Waals surface area contributed by atoms with Gasteiger partial charge in [0.05, 0.1) is 25.2 Å². The summed E-state index contributed by atoms with van der Waals surface area (Å²) in [7, 11) is 0. The van der Waals surface area contributed by atoms with Gasteiger partial charge in [0.25, 0.3) is 0 Å². The van der Waals surface area contributed by atoms with Crippen LogP contribution in [0.5, 0.6) is 0 Å². The van der Waals surface area contributed by atoms with Gasteiger partial charge in [-0.25, -0.2) is 0 Å². The van der Waals surface area contributed by atoms with Crippen molar-refractivity contribution in [3.8, 4) is 0 Å². The molecule has 1 heterocycles. The molecule has 2 fully saturated rings. The van der Waals surface area contributed by atoms with Gasteiger partial charge in [0.1, 0.15) is 0 Å². The van der Waals surface area contributed by atoms with Gasteiger partial charge >= 0.3 is 5.97 Å². The van der Waals surface area contributed by atoms with Crippen LogP contribution in [0.4, 0.5) is 0 Å². The van der Waals surface area contributed by atoms with Crippen LogP contribution in [0.25, 0.3) is 0 Å². The minimum Gasteiger partial charge on any atom is -0.466 e. The summed E-state index contributed by atoms with van der Waals surface area (Å²) in [6, 6.07) is 0. The van der Waals surface area contributed by atoms with Crippen molar-refractivity contribution >= 4 is 5.97 Å². The van der Waals surface area contributed by atoms with Crippen LogP contribution in [0.3, 0.4) is 0 Å². The summed E-state index contributed by atoms with van der Waals surface area (Å²) < 4.78 is 16.6. The van der Waals surface area contributed by atoms with Gasteiger partial charge in [-0.1, -0.05) is 0 Å². The van der Waals surface area contributed by atoms with Crippen molar-refractivity contribution in [2.45, 2.75) is 52.2 Å². The molecule has 0 atom stereocenters. The normalized spacial score (nSPS) is 24.4. The third kappa shape index (κ3) is 2.54. The maximum absolute atomic E-state index is 12.0. The summed E-state index contributed by atoms with van der Waals surface area (Å²) >= 11 is 0. The van der Waals surface area contributed by atoms with Crippen molar-refractivity contribution in [3.05, 3.63) is 0 Å². The van der Waals surface area contributed by atoms with Crippen LogP contribution < -0.4 is 0 Å². The van der Waals surface area contributed by atoms with Crippen molar-refractivity contribution in [3.63, 3.8) is 0 Å². The zero-order valence-electron chi connectivity index (χ0n) is 11.7. The molecule has 0 aromatic rings. The number of esters is 1. The SMILES string of the molecule is CCOC(=O)C(C)(C)C1CCC2(CC1)OCCO2. The van der Waals surface area contributed by atoms with E-state index in [0.717, 1.165) is 25.7 Å². The summed E-state index contributed by atoms with van der Waals surface area (Å²) in [5.41, 5.74) is -0.407. The Morgan fingerprint density at radius 1 is 1.28 bits per heavy atom. The van der Waals surface area contributed by atoms with E-state index >= 15 is 0 Å². The molecule has 2 aliphatic rings. The van der Waals surface area contributed by atoms with E-state index in [1.807, 2.05) is 20.8 Å². The highest BCUT2D eigenvalue weighted by Crippen LogP contribution is 2.45. The first-order valence-corrected chi connectivity index (χ1v) is 6.95. The summed E-state index contributed by atoms with van der Waals surface area (Å²) in [6.07, 6.45) is 3.71. The lowest BCUT2D eigenvalue weighted by Gasteiger charge is -2.40. The first kappa shape index (κ1) is 13.8. The molecule has 1 saturated heterocycles. The number of rotatable bonds is 3. The van der Waals surface area contributed by atoms with E-state index in [9.17, 15) is 4.79 Å². The second-order valence-electron chi connectivity index (χ2n) is 5.82. The molecule has 18 heavy (non-hydrogen) atoms. The molecule has 104 valence electrons. The Morgan fingerprint density at radius 3 is 2.33 bits per heavy atom. The van der Waals surface area contributed by atoms with Crippen molar-refractivity contribution in [2.75, 3.05) is 19.8 Å². The Kier molecular flexibility index (Phi) is 3.97. The predicted octanol–water partition coefficient (Wildman–Crippen LogP) is 2.51. The van der Waals surface area contributed by atoms with E-state index < -0.39 is 5.41 Å². The summed E-state index contributed by atoms with van der Waals surface area (Å²) in [4.78, 5) is 12.0. The summed E-state index contributed by atoms with van der Waals surface area (Å²) in [5, 5.41) is 0. The van der Waals surface area contributed by atoms with Crippen LogP contribution in [-0.2, 0) is 19.0 Å². The van der Waals surface area contributed by atoms with Gasteiger partial charge in [-0.3, -0.25) is 4.79 Å². The number of ether oxygens (including phenoxy) is 3. The number of carbonyl (C=O) groups is 1. The highest BCUT2D eigenvalue weighted by Gasteiger charge is 2.46. The van der Waals surface area contributed by atoms with Gasteiger partial charge in [0.15, 0.2) is 5.79 Å². The molecule has 1 aliphatic carbocycles. The first-order chi connectivity index (χ1) is 8.50. The van der Waals surface area contributed by atoms with Gasteiger partial charge in [-0.05, 0) is 39.5 Å². The fourth-order valence-corrected chi connectivity index (χ4v) is 3.05. The molecule has 4 nitrogen and oxygen atoms in total. The lowest BCUT2D eigenvalue weighted by molar-refractivity contribution is -0.191. The molecule has 0 bridgehead atoms. The topological polar surface area (TPSA) is 44.8 Å². The molecule has 1 spiro atoms. The highest BCUT2D eigenvalue weighted by atomic mass is 16.7. The van der Waals surface area contributed by atoms with Crippen LogP contribution in [0, 0.1) is 11.3 Å². The number of hydrogen-bond acceptors (Lipinski definition) is 4. The number of carbonyl (C=O) groups excluding carboxylic acids is 1. The zero-order valence-corrected chi connectivity index (χ0v) is 11.7. The molecule has 0 N–H and O–H groups in total. The third-order valence-corrected chi connectivity index (χ3v) is 4.38. The Bertz CT molecular complexity index is 295. The monoisotopic (exact) mass is 256 g/mol. The van der Waals surface area contributed by atoms with Crippen molar-refractivity contribution in [1.82, 2.24) is 0 Å². The van der Waals surface area contributed by atoms with Crippen LogP contribution >= 0.6 is 0 Å². The van der Waals surface area contributed by atoms with Crippen LogP contribution in [0.2, 0.25) is 0 Å². The smallest absolute Gasteiger partial charge is 0.311 e. The fraction of sp³-hybridized carbons (Fsp3) is 0.929. The quantitative estimate of drug-likeness (QED) is 0.728. The minimum atomic E-state index is -0.407. The molecule has 0 amide bonds. The Labute approximate surface area is 109 Å². The van der Waals surface area contributed by atoms with E-state index in [2.05, 4.69) is 0 Å². The van der Waals surface area contributed by atoms with E-state index in [-0.39, 0.29) is 11.8 Å². The average molecular weight is 256 g/mol. The molecule has 0 aromatic carbocycles. The van der Waals surface area contributed by atoms with Crippen molar-refractivity contribution in [2.24, 2.45) is 11.3 Å². The molecule has 0 radical (unpaired) electrons. The molecule has 4 heteroatoms. The third-order valence-electron chi connectivity index (χ3n) is 4.38. The van der Waals surface area contributed by atoms with Gasteiger partial charge < -0.3 is 14.2 Å². The molecule has 2 rings (SSSR count). The Balaban J connectivity index is 1.94. The van der Waals surface area contributed by atoms with Gasteiger partial charge in [0, 0.05) is 12.8 Å². The lowest BCUT2D eigenvalue weighted by Crippen LogP contribution is -2.42. The number of hydrogen-bond donors (Lipinski definition) is 0. The second kappa shape index (κ2) is 5.17. The largest absolute Gasteiger partial charge is 0.466 e. The highest BCUT2D eigenvalue weighted by molar-refractivity contribution is 5.76. The Hall–Kier alpha value is -0.610. The van der Waals surface area contributed by atoms with E-state index in [4.69, 9.17) is 14.2 Å². The summed E-state index contributed by atoms with van der Waals surface area (Å²) in [5.74, 6) is -0.0736. The molecule has 0 unspecified atom stereocenters. The molecular weight excluding hydrogens is 232 g/mol. The van der Waals surface area contributed by atoms with Crippen molar-refractivity contribution < 1.29 is 19.0 Å². The molecule has 1 saturated carbocycles. The average Bonchev–Trinajstić information content (AvgIpc) is 2.78. The van der Waals surface area contributed by atoms with Crippen LogP contribution in [0.15, 0.2) is 0 Å². The van der Waals surface area contributed by atoms with Gasteiger partial charge in [-0.2, -0.15) is 0 Å². The first-order valence-electron chi connectivity index (χ1n) is 6.95. The van der Waals surface area contributed by atoms with Crippen LogP contribution in [0.1, 0.15) is 46.5 Å². The molecule has 0 aromatic heterocycles. The zero-order chi connectivity index (χ0) is 13.2.